The number of aromatic nitrogens is 1. The van der Waals surface area contributed by atoms with Gasteiger partial charge in [0.05, 0.1) is 40.3 Å². The van der Waals surface area contributed by atoms with Gasteiger partial charge in [-0.2, -0.15) is 0 Å². The average Bonchev–Trinajstić information content (AvgIpc) is 3.30. The van der Waals surface area contributed by atoms with Crippen molar-refractivity contribution >= 4 is 29.2 Å². The number of thiazole rings is 1. The Labute approximate surface area is 217 Å². The number of esters is 1. The summed E-state index contributed by atoms with van der Waals surface area (Å²) in [5.41, 5.74) is -0.561. The zero-order valence-corrected chi connectivity index (χ0v) is 23.2. The lowest BCUT2D eigenvalue weighted by Crippen LogP contribution is -2.46. The number of ether oxygens (including phenoxy) is 2. The Bertz CT molecular complexity index is 989. The summed E-state index contributed by atoms with van der Waals surface area (Å²) in [4.78, 5) is 30.5. The van der Waals surface area contributed by atoms with Crippen molar-refractivity contribution < 1.29 is 34.4 Å². The molecule has 0 amide bonds. The van der Waals surface area contributed by atoms with E-state index in [-0.39, 0.29) is 11.7 Å². The lowest BCUT2D eigenvalue weighted by molar-refractivity contribution is -0.160. The molecule has 0 saturated carbocycles. The molecule has 8 atom stereocenters. The molecule has 1 aromatic rings. The van der Waals surface area contributed by atoms with E-state index in [1.807, 2.05) is 26.2 Å². The van der Waals surface area contributed by atoms with E-state index in [9.17, 15) is 24.9 Å². The first-order valence-corrected chi connectivity index (χ1v) is 13.6. The number of hydrogen-bond donors (Lipinski definition) is 3. The summed E-state index contributed by atoms with van der Waals surface area (Å²) in [5.74, 6) is -1.85. The Morgan fingerprint density at radius 1 is 1.25 bits per heavy atom. The first kappa shape index (κ1) is 28.9. The van der Waals surface area contributed by atoms with Crippen LogP contribution in [0.3, 0.4) is 0 Å². The number of carbonyl (C=O) groups excluding carboxylic acids is 2. The molecular weight excluding hydrogens is 482 g/mol. The molecule has 3 rings (SSSR count). The quantitative estimate of drug-likeness (QED) is 0.406. The van der Waals surface area contributed by atoms with Crippen molar-refractivity contribution in [3.8, 4) is 0 Å². The number of fused-ring (bicyclic) bond motifs is 1. The van der Waals surface area contributed by atoms with Crippen molar-refractivity contribution in [2.45, 2.75) is 110 Å². The molecule has 8 nitrogen and oxygen atoms in total. The lowest BCUT2D eigenvalue weighted by atomic mass is 9.73. The fourth-order valence-electron chi connectivity index (χ4n) is 5.15. The molecule has 2 aliphatic rings. The number of Topliss-reactive ketones (excluding diaryl/α,β-unsaturated/α-hetero) is 1. The maximum absolute atomic E-state index is 13.2. The third kappa shape index (κ3) is 6.25. The second-order valence-electron chi connectivity index (χ2n) is 11.4. The van der Waals surface area contributed by atoms with E-state index >= 15 is 0 Å². The van der Waals surface area contributed by atoms with Crippen LogP contribution in [-0.2, 0) is 19.1 Å². The van der Waals surface area contributed by atoms with Crippen LogP contribution in [0.25, 0.3) is 6.08 Å². The Morgan fingerprint density at radius 3 is 2.53 bits per heavy atom. The number of cyclic esters (lactones) is 1. The Morgan fingerprint density at radius 2 is 1.92 bits per heavy atom. The Hall–Kier alpha value is -1.65. The predicted octanol–water partition coefficient (Wildman–Crippen LogP) is 3.45. The normalized spacial score (nSPS) is 37.3. The summed E-state index contributed by atoms with van der Waals surface area (Å²) >= 11 is 1.50. The molecule has 9 heteroatoms. The predicted molar refractivity (Wildman–Crippen MR) is 137 cm³/mol. The van der Waals surface area contributed by atoms with Crippen LogP contribution >= 0.6 is 11.3 Å². The third-order valence-corrected chi connectivity index (χ3v) is 8.76. The molecule has 1 aromatic heterocycles. The van der Waals surface area contributed by atoms with Crippen molar-refractivity contribution in [1.82, 2.24) is 4.98 Å². The lowest BCUT2D eigenvalue weighted by Gasteiger charge is -2.34. The van der Waals surface area contributed by atoms with Crippen LogP contribution in [0.5, 0.6) is 0 Å². The van der Waals surface area contributed by atoms with Crippen LogP contribution in [0.4, 0.5) is 0 Å². The number of rotatable bonds is 3. The summed E-state index contributed by atoms with van der Waals surface area (Å²) in [6.07, 6.45) is -1.39. The number of hydrogen-bond acceptors (Lipinski definition) is 9. The molecule has 2 aliphatic heterocycles. The molecule has 202 valence electrons. The van der Waals surface area contributed by atoms with Crippen LogP contribution in [-0.4, -0.2) is 68.2 Å². The molecule has 3 heterocycles. The fraction of sp³-hybridized carbons (Fsp3) is 0.741. The number of epoxide rings is 1. The summed E-state index contributed by atoms with van der Waals surface area (Å²) in [6.45, 7) is 12.3. The zero-order valence-electron chi connectivity index (χ0n) is 22.4. The molecule has 8 unspecified atom stereocenters. The summed E-state index contributed by atoms with van der Waals surface area (Å²) in [6, 6.07) is 0. The maximum atomic E-state index is 13.2. The highest BCUT2D eigenvalue weighted by atomic mass is 32.1. The minimum atomic E-state index is -1.31. The minimum Gasteiger partial charge on any atom is -0.456 e. The van der Waals surface area contributed by atoms with Gasteiger partial charge in [0.25, 0.3) is 0 Å². The molecule has 0 aliphatic carbocycles. The van der Waals surface area contributed by atoms with Gasteiger partial charge in [-0.1, -0.05) is 34.1 Å². The summed E-state index contributed by atoms with van der Waals surface area (Å²) < 4.78 is 11.7. The second-order valence-corrected chi connectivity index (χ2v) is 12.4. The van der Waals surface area contributed by atoms with Gasteiger partial charge in [0.15, 0.2) is 6.10 Å². The SMILES string of the molecule is CC(=Cc1csc(C)n1)C(O)C1OC(=O)CC(O)C(C)(C)C(=O)C(C)C(O)C(C)CCCC2(C)OC12. The number of ketones is 1. The van der Waals surface area contributed by atoms with E-state index in [1.165, 1.54) is 11.3 Å². The molecule has 3 N–H and O–H groups in total. The largest absolute Gasteiger partial charge is 0.456 e. The molecule has 36 heavy (non-hydrogen) atoms. The van der Waals surface area contributed by atoms with E-state index in [0.29, 0.717) is 24.1 Å². The summed E-state index contributed by atoms with van der Waals surface area (Å²) in [7, 11) is 0. The highest BCUT2D eigenvalue weighted by Gasteiger charge is 2.59. The van der Waals surface area contributed by atoms with Gasteiger partial charge in [0.2, 0.25) is 0 Å². The highest BCUT2D eigenvalue weighted by molar-refractivity contribution is 7.09. The van der Waals surface area contributed by atoms with Crippen LogP contribution in [0.1, 0.15) is 77.9 Å². The summed E-state index contributed by atoms with van der Waals surface area (Å²) in [5, 5.41) is 35.7. The topological polar surface area (TPSA) is 129 Å². The number of carbonyl (C=O) groups is 2. The van der Waals surface area contributed by atoms with E-state index in [0.717, 1.165) is 11.4 Å². The highest BCUT2D eigenvalue weighted by Crippen LogP contribution is 2.46. The monoisotopic (exact) mass is 523 g/mol. The van der Waals surface area contributed by atoms with Gasteiger partial charge in [-0.3, -0.25) is 9.59 Å². The Kier molecular flexibility index (Phi) is 8.83. The number of nitrogens with zero attached hydrogens (tertiary/aromatic N) is 1. The van der Waals surface area contributed by atoms with Crippen molar-refractivity contribution in [3.05, 3.63) is 21.7 Å². The van der Waals surface area contributed by atoms with Gasteiger partial charge < -0.3 is 24.8 Å². The van der Waals surface area contributed by atoms with Gasteiger partial charge in [-0.15, -0.1) is 11.3 Å². The van der Waals surface area contributed by atoms with Crippen molar-refractivity contribution in [3.63, 3.8) is 0 Å². The van der Waals surface area contributed by atoms with Crippen LogP contribution in [0.15, 0.2) is 11.0 Å². The third-order valence-electron chi connectivity index (χ3n) is 7.97. The van der Waals surface area contributed by atoms with Gasteiger partial charge >= 0.3 is 5.97 Å². The maximum Gasteiger partial charge on any atom is 0.308 e. The standard InChI is InChI=1S/C27H41NO7S/c1-14-9-8-10-27(7)25(35-27)23(22(32)15(2)11-18-13-36-17(4)28-18)34-20(30)12-19(29)26(5,6)24(33)16(3)21(14)31/h11,13-14,16,19,21-23,25,29,31-32H,8-10,12H2,1-7H3. The molecule has 0 spiro atoms. The average molecular weight is 524 g/mol. The zero-order chi connectivity index (χ0) is 27.0. The molecule has 0 aromatic carbocycles. The van der Waals surface area contributed by atoms with Crippen molar-refractivity contribution in [1.29, 1.82) is 0 Å². The van der Waals surface area contributed by atoms with E-state index in [1.54, 1.807) is 33.8 Å². The fourth-order valence-corrected chi connectivity index (χ4v) is 5.72. The van der Waals surface area contributed by atoms with E-state index in [4.69, 9.17) is 9.47 Å². The Balaban J connectivity index is 1.88. The van der Waals surface area contributed by atoms with Gasteiger partial charge in [0, 0.05) is 11.3 Å². The number of aliphatic hydroxyl groups is 3. The number of aliphatic hydroxyl groups excluding tert-OH is 3. The molecular formula is C27H41NO7S. The van der Waals surface area contributed by atoms with Crippen molar-refractivity contribution in [2.75, 3.05) is 0 Å². The van der Waals surface area contributed by atoms with E-state index in [2.05, 4.69) is 4.98 Å². The molecule has 0 bridgehead atoms. The van der Waals surface area contributed by atoms with E-state index < -0.39 is 59.8 Å². The van der Waals surface area contributed by atoms with Gasteiger partial charge in [-0.25, -0.2) is 4.98 Å². The van der Waals surface area contributed by atoms with Crippen LogP contribution in [0, 0.1) is 24.2 Å². The molecule has 2 fully saturated rings. The second kappa shape index (κ2) is 11.0. The van der Waals surface area contributed by atoms with Crippen LogP contribution in [0.2, 0.25) is 0 Å². The number of aryl methyl sites for hydroxylation is 1. The first-order valence-electron chi connectivity index (χ1n) is 12.7. The minimum absolute atomic E-state index is 0.131. The van der Waals surface area contributed by atoms with Crippen molar-refractivity contribution in [2.24, 2.45) is 17.3 Å². The molecule has 0 radical (unpaired) electrons. The van der Waals surface area contributed by atoms with Gasteiger partial charge in [-0.05, 0) is 51.2 Å². The van der Waals surface area contributed by atoms with Gasteiger partial charge in [0.1, 0.15) is 18.0 Å². The van der Waals surface area contributed by atoms with Crippen LogP contribution < -0.4 is 0 Å². The first-order chi connectivity index (χ1) is 16.7. The smallest absolute Gasteiger partial charge is 0.308 e. The molecule has 2 saturated heterocycles.